The molecule has 0 saturated heterocycles. The van der Waals surface area contributed by atoms with Crippen LogP contribution in [0.1, 0.15) is 30.4 Å². The van der Waals surface area contributed by atoms with Crippen molar-refractivity contribution in [3.8, 4) is 5.75 Å². The highest BCUT2D eigenvalue weighted by Crippen LogP contribution is 2.28. The first kappa shape index (κ1) is 10.1. The number of aromatic hydroxyl groups is 1. The Morgan fingerprint density at radius 3 is 2.62 bits per heavy atom. The molecular weight excluding hydrogens is 164 g/mol. The van der Waals surface area contributed by atoms with Crippen molar-refractivity contribution in [3.63, 3.8) is 0 Å². The SMILES string of the molecule is Cc1ccc([C@H](C)CCO)c(O)c1. The van der Waals surface area contributed by atoms with E-state index in [-0.39, 0.29) is 12.5 Å². The molecule has 1 aromatic rings. The molecule has 0 aliphatic heterocycles. The lowest BCUT2D eigenvalue weighted by molar-refractivity contribution is 0.277. The summed E-state index contributed by atoms with van der Waals surface area (Å²) in [5.74, 6) is 0.548. The second-order valence-electron chi connectivity index (χ2n) is 3.48. The largest absolute Gasteiger partial charge is 0.508 e. The summed E-state index contributed by atoms with van der Waals surface area (Å²) in [5.41, 5.74) is 1.97. The van der Waals surface area contributed by atoms with E-state index in [1.165, 1.54) is 0 Å². The van der Waals surface area contributed by atoms with Crippen LogP contribution in [0.25, 0.3) is 0 Å². The number of hydrogen-bond donors (Lipinski definition) is 2. The van der Waals surface area contributed by atoms with Crippen LogP contribution in [-0.4, -0.2) is 16.8 Å². The van der Waals surface area contributed by atoms with E-state index in [0.29, 0.717) is 12.2 Å². The van der Waals surface area contributed by atoms with E-state index in [9.17, 15) is 5.11 Å². The van der Waals surface area contributed by atoms with Gasteiger partial charge in [-0.05, 0) is 36.5 Å². The molecule has 0 aliphatic rings. The van der Waals surface area contributed by atoms with Gasteiger partial charge in [-0.15, -0.1) is 0 Å². The number of aliphatic hydroxyl groups excluding tert-OH is 1. The molecule has 2 heteroatoms. The fourth-order valence-electron chi connectivity index (χ4n) is 1.42. The summed E-state index contributed by atoms with van der Waals surface area (Å²) < 4.78 is 0. The molecule has 0 heterocycles. The third-order valence-electron chi connectivity index (χ3n) is 2.28. The third kappa shape index (κ3) is 2.46. The van der Waals surface area contributed by atoms with Gasteiger partial charge in [0.1, 0.15) is 5.75 Å². The zero-order chi connectivity index (χ0) is 9.84. The minimum atomic E-state index is 0.161. The lowest BCUT2D eigenvalue weighted by Crippen LogP contribution is -1.97. The fraction of sp³-hybridized carbons (Fsp3) is 0.455. The number of aliphatic hydroxyl groups is 1. The number of aryl methyl sites for hydroxylation is 1. The van der Waals surface area contributed by atoms with Crippen molar-refractivity contribution in [1.29, 1.82) is 0 Å². The first-order valence-electron chi connectivity index (χ1n) is 4.55. The Kier molecular flexibility index (Phi) is 3.32. The number of phenols is 1. The molecule has 0 bridgehead atoms. The average Bonchev–Trinajstić information content (AvgIpc) is 2.04. The Bertz CT molecular complexity index is 281. The maximum atomic E-state index is 9.61. The highest BCUT2D eigenvalue weighted by Gasteiger charge is 2.09. The molecule has 72 valence electrons. The maximum Gasteiger partial charge on any atom is 0.119 e. The molecule has 0 radical (unpaired) electrons. The van der Waals surface area contributed by atoms with Gasteiger partial charge in [0, 0.05) is 6.61 Å². The lowest BCUT2D eigenvalue weighted by atomic mass is 9.96. The van der Waals surface area contributed by atoms with Crippen LogP contribution in [0.2, 0.25) is 0 Å². The highest BCUT2D eigenvalue weighted by molar-refractivity contribution is 5.37. The summed E-state index contributed by atoms with van der Waals surface area (Å²) in [6, 6.07) is 5.65. The van der Waals surface area contributed by atoms with Crippen LogP contribution in [0.15, 0.2) is 18.2 Å². The Balaban J connectivity index is 2.88. The Hall–Kier alpha value is -1.02. The number of phenolic OH excluding ortho intramolecular Hbond substituents is 1. The topological polar surface area (TPSA) is 40.5 Å². The quantitative estimate of drug-likeness (QED) is 0.748. The minimum absolute atomic E-state index is 0.161. The van der Waals surface area contributed by atoms with Crippen molar-refractivity contribution < 1.29 is 10.2 Å². The van der Waals surface area contributed by atoms with Gasteiger partial charge in [-0.2, -0.15) is 0 Å². The van der Waals surface area contributed by atoms with Gasteiger partial charge < -0.3 is 10.2 Å². The van der Waals surface area contributed by atoms with Crippen molar-refractivity contribution in [1.82, 2.24) is 0 Å². The predicted molar refractivity (Wildman–Crippen MR) is 53.0 cm³/mol. The lowest BCUT2D eigenvalue weighted by Gasteiger charge is -2.12. The van der Waals surface area contributed by atoms with Crippen LogP contribution < -0.4 is 0 Å². The van der Waals surface area contributed by atoms with Gasteiger partial charge in [0.15, 0.2) is 0 Å². The Morgan fingerprint density at radius 1 is 1.38 bits per heavy atom. The summed E-state index contributed by atoms with van der Waals surface area (Å²) >= 11 is 0. The van der Waals surface area contributed by atoms with E-state index in [4.69, 9.17) is 5.11 Å². The molecule has 0 aromatic heterocycles. The molecule has 1 atom stereocenters. The second-order valence-corrected chi connectivity index (χ2v) is 3.48. The Labute approximate surface area is 78.8 Å². The van der Waals surface area contributed by atoms with Gasteiger partial charge in [0.05, 0.1) is 0 Å². The van der Waals surface area contributed by atoms with E-state index in [1.807, 2.05) is 26.0 Å². The normalized spacial score (nSPS) is 12.8. The smallest absolute Gasteiger partial charge is 0.119 e. The summed E-state index contributed by atoms with van der Waals surface area (Å²) in [7, 11) is 0. The molecule has 0 saturated carbocycles. The van der Waals surface area contributed by atoms with Crippen molar-refractivity contribution in [2.45, 2.75) is 26.2 Å². The number of hydrogen-bond acceptors (Lipinski definition) is 2. The first-order valence-corrected chi connectivity index (χ1v) is 4.55. The van der Waals surface area contributed by atoms with Crippen LogP contribution in [0.4, 0.5) is 0 Å². The molecule has 0 amide bonds. The van der Waals surface area contributed by atoms with Crippen LogP contribution in [0.5, 0.6) is 5.75 Å². The summed E-state index contributed by atoms with van der Waals surface area (Å²) in [5, 5.41) is 18.4. The van der Waals surface area contributed by atoms with Gasteiger partial charge >= 0.3 is 0 Å². The monoisotopic (exact) mass is 180 g/mol. The van der Waals surface area contributed by atoms with Crippen LogP contribution >= 0.6 is 0 Å². The zero-order valence-electron chi connectivity index (χ0n) is 8.12. The highest BCUT2D eigenvalue weighted by atomic mass is 16.3. The molecule has 0 spiro atoms. The fourth-order valence-corrected chi connectivity index (χ4v) is 1.42. The van der Waals surface area contributed by atoms with Crippen molar-refractivity contribution in [3.05, 3.63) is 29.3 Å². The van der Waals surface area contributed by atoms with Gasteiger partial charge in [-0.3, -0.25) is 0 Å². The molecule has 0 aliphatic carbocycles. The van der Waals surface area contributed by atoms with Gasteiger partial charge in [-0.25, -0.2) is 0 Å². The van der Waals surface area contributed by atoms with E-state index in [0.717, 1.165) is 11.1 Å². The summed E-state index contributed by atoms with van der Waals surface area (Å²) in [6.45, 7) is 4.11. The van der Waals surface area contributed by atoms with E-state index in [1.54, 1.807) is 6.07 Å². The van der Waals surface area contributed by atoms with E-state index >= 15 is 0 Å². The molecular formula is C11H16O2. The molecule has 13 heavy (non-hydrogen) atoms. The van der Waals surface area contributed by atoms with Crippen LogP contribution in [0.3, 0.4) is 0 Å². The van der Waals surface area contributed by atoms with E-state index < -0.39 is 0 Å². The number of benzene rings is 1. The second kappa shape index (κ2) is 4.28. The minimum Gasteiger partial charge on any atom is -0.508 e. The molecule has 0 unspecified atom stereocenters. The zero-order valence-corrected chi connectivity index (χ0v) is 8.12. The maximum absolute atomic E-state index is 9.61. The molecule has 2 nitrogen and oxygen atoms in total. The molecule has 0 fully saturated rings. The summed E-state index contributed by atoms with van der Waals surface area (Å²) in [4.78, 5) is 0. The van der Waals surface area contributed by atoms with Crippen molar-refractivity contribution in [2.24, 2.45) is 0 Å². The van der Waals surface area contributed by atoms with Crippen molar-refractivity contribution >= 4 is 0 Å². The van der Waals surface area contributed by atoms with Crippen LogP contribution in [0, 0.1) is 6.92 Å². The van der Waals surface area contributed by atoms with Gasteiger partial charge in [0.25, 0.3) is 0 Å². The summed E-state index contributed by atoms with van der Waals surface area (Å²) in [6.07, 6.45) is 0.691. The Morgan fingerprint density at radius 2 is 2.08 bits per heavy atom. The van der Waals surface area contributed by atoms with Gasteiger partial charge in [-0.1, -0.05) is 19.1 Å². The first-order chi connectivity index (χ1) is 6.15. The molecule has 2 N–H and O–H groups in total. The van der Waals surface area contributed by atoms with E-state index in [2.05, 4.69) is 0 Å². The standard InChI is InChI=1S/C11H16O2/c1-8-3-4-10(11(13)7-8)9(2)5-6-12/h3-4,7,9,12-13H,5-6H2,1-2H3/t9-/m1/s1. The number of rotatable bonds is 3. The van der Waals surface area contributed by atoms with Crippen LogP contribution in [-0.2, 0) is 0 Å². The predicted octanol–water partition coefficient (Wildman–Crippen LogP) is 2.19. The molecule has 1 rings (SSSR count). The average molecular weight is 180 g/mol. The van der Waals surface area contributed by atoms with Gasteiger partial charge in [0.2, 0.25) is 0 Å². The van der Waals surface area contributed by atoms with Crippen molar-refractivity contribution in [2.75, 3.05) is 6.61 Å². The third-order valence-corrected chi connectivity index (χ3v) is 2.28. The molecule has 1 aromatic carbocycles.